The molecule has 0 saturated carbocycles. The van der Waals surface area contributed by atoms with E-state index in [0.29, 0.717) is 0 Å². The van der Waals surface area contributed by atoms with Gasteiger partial charge in [0, 0.05) is 22.3 Å². The zero-order valence-corrected chi connectivity index (χ0v) is 12.1. The van der Waals surface area contributed by atoms with E-state index < -0.39 is 0 Å². The molecule has 19 heavy (non-hydrogen) atoms. The van der Waals surface area contributed by atoms with Crippen molar-refractivity contribution in [3.63, 3.8) is 0 Å². The van der Waals surface area contributed by atoms with Gasteiger partial charge in [0.2, 0.25) is 0 Å². The third kappa shape index (κ3) is 1.57. The topological polar surface area (TPSA) is 20.7 Å². The van der Waals surface area contributed by atoms with Crippen molar-refractivity contribution in [3.05, 3.63) is 59.7 Å². The van der Waals surface area contributed by atoms with Gasteiger partial charge in [-0.05, 0) is 12.1 Å². The average molecular weight is 356 g/mol. The number of aromatic nitrogens is 2. The molecule has 3 aromatic rings. The smallest absolute Gasteiger partial charge is 0.103 e. The van der Waals surface area contributed by atoms with E-state index in [1.165, 1.54) is 16.8 Å². The van der Waals surface area contributed by atoms with Crippen LogP contribution in [0.4, 0.5) is 0 Å². The summed E-state index contributed by atoms with van der Waals surface area (Å²) in [7, 11) is 0. The molecule has 0 spiro atoms. The first-order valence-corrected chi connectivity index (χ1v) is 6.99. The molecule has 0 aliphatic heterocycles. The molecule has 4 rings (SSSR count). The van der Waals surface area contributed by atoms with Crippen LogP contribution in [0.3, 0.4) is 0 Å². The fourth-order valence-corrected chi connectivity index (χ4v) is 3.17. The average Bonchev–Trinajstić information content (AvgIpc) is 2.43. The molecule has 0 bridgehead atoms. The van der Waals surface area contributed by atoms with Gasteiger partial charge in [0.1, 0.15) is 5.69 Å². The summed E-state index contributed by atoms with van der Waals surface area (Å²) in [6.07, 6.45) is 0. The summed E-state index contributed by atoms with van der Waals surface area (Å²) in [6.45, 7) is 0. The van der Waals surface area contributed by atoms with Gasteiger partial charge in [0.25, 0.3) is 0 Å². The Bertz CT molecular complexity index is 843. The van der Waals surface area contributed by atoms with Crippen molar-refractivity contribution in [2.75, 3.05) is 0 Å². The number of hydrogen-bond donors (Lipinski definition) is 1. The molecule has 1 N–H and O–H groups in total. The van der Waals surface area contributed by atoms with E-state index in [1.54, 1.807) is 0 Å². The largest absolute Gasteiger partial charge is 0.286 e. The fraction of sp³-hybridized carbons (Fsp3) is 0. The highest BCUT2D eigenvalue weighted by Crippen LogP contribution is 2.38. The van der Waals surface area contributed by atoms with Crippen molar-refractivity contribution in [1.82, 2.24) is 7.99 Å². The summed E-state index contributed by atoms with van der Waals surface area (Å²) in [5.41, 5.74) is 6.87. The second-order valence-electron chi connectivity index (χ2n) is 4.46. The van der Waals surface area contributed by atoms with Crippen molar-refractivity contribution in [2.24, 2.45) is 0 Å². The van der Waals surface area contributed by atoms with Gasteiger partial charge < -0.3 is 0 Å². The maximum atomic E-state index is 3.34. The van der Waals surface area contributed by atoms with Crippen LogP contribution >= 0.6 is 22.9 Å². The van der Waals surface area contributed by atoms with Crippen molar-refractivity contribution in [2.45, 2.75) is 0 Å². The van der Waals surface area contributed by atoms with Crippen molar-refractivity contribution < 1.29 is 0 Å². The lowest BCUT2D eigenvalue weighted by Crippen LogP contribution is -2.10. The molecule has 3 heteroatoms. The van der Waals surface area contributed by atoms with Crippen molar-refractivity contribution in [1.29, 1.82) is 0 Å². The zero-order valence-electron chi connectivity index (χ0n) is 9.94. The number of aromatic amines is 1. The zero-order chi connectivity index (χ0) is 12.8. The number of H-pyrrole nitrogens is 1. The van der Waals surface area contributed by atoms with Gasteiger partial charge in [0.15, 0.2) is 0 Å². The third-order valence-electron chi connectivity index (χ3n) is 3.35. The molecule has 0 unspecified atom stereocenters. The van der Waals surface area contributed by atoms with Crippen LogP contribution in [0.2, 0.25) is 0 Å². The van der Waals surface area contributed by atoms with Crippen LogP contribution in [-0.4, -0.2) is 7.99 Å². The molecule has 0 amide bonds. The first kappa shape index (κ1) is 10.9. The molecule has 1 aliphatic rings. The highest BCUT2D eigenvalue weighted by molar-refractivity contribution is 14.1. The van der Waals surface area contributed by atoms with Gasteiger partial charge in [-0.1, -0.05) is 48.2 Å². The minimum atomic E-state index is 1.07. The predicted molar refractivity (Wildman–Crippen MR) is 85.1 cm³/mol. The van der Waals surface area contributed by atoms with Crippen LogP contribution in [0.15, 0.2) is 48.5 Å². The maximum Gasteiger partial charge on any atom is 0.103 e. The molecule has 0 atom stereocenters. The van der Waals surface area contributed by atoms with E-state index >= 15 is 0 Å². The Hall–Kier alpha value is -1.93. The molecule has 0 fully saturated rings. The van der Waals surface area contributed by atoms with E-state index in [0.717, 1.165) is 16.8 Å². The summed E-state index contributed by atoms with van der Waals surface area (Å²) < 4.78 is 2.02. The lowest BCUT2D eigenvalue weighted by molar-refractivity contribution is 0.953. The van der Waals surface area contributed by atoms with Crippen molar-refractivity contribution >= 4 is 22.9 Å². The molecule has 0 saturated heterocycles. The maximum absolute atomic E-state index is 3.34. The monoisotopic (exact) mass is 356 g/mol. The lowest BCUT2D eigenvalue weighted by atomic mass is 9.94. The van der Waals surface area contributed by atoms with E-state index in [-0.39, 0.29) is 0 Å². The number of halogens is 1. The summed E-state index contributed by atoms with van der Waals surface area (Å²) >= 11 is 2.27. The fourth-order valence-electron chi connectivity index (χ4n) is 2.42. The van der Waals surface area contributed by atoms with Gasteiger partial charge in [-0.2, -0.15) is 0 Å². The van der Waals surface area contributed by atoms with Crippen molar-refractivity contribution in [3.8, 4) is 34.4 Å². The van der Waals surface area contributed by atoms with Gasteiger partial charge >= 0.3 is 0 Å². The number of nitrogens with zero attached hydrogens (tertiary/aromatic N) is 1. The number of benzene rings is 2. The molecule has 2 nitrogen and oxygen atoms in total. The summed E-state index contributed by atoms with van der Waals surface area (Å²) in [4.78, 5) is 0. The Morgan fingerprint density at radius 1 is 0.842 bits per heavy atom. The number of fused-ring (bicyclic) bond motifs is 5. The lowest BCUT2D eigenvalue weighted by Gasteiger charge is -2.22. The van der Waals surface area contributed by atoms with Crippen LogP contribution in [-0.2, 0) is 0 Å². The Morgan fingerprint density at radius 3 is 2.11 bits per heavy atom. The van der Waals surface area contributed by atoms with Crippen LogP contribution in [0.1, 0.15) is 11.1 Å². The number of nitrogens with one attached hydrogen (secondary N) is 1. The summed E-state index contributed by atoms with van der Waals surface area (Å²) in [5.74, 6) is 6.56. The summed E-state index contributed by atoms with van der Waals surface area (Å²) in [5, 5.41) is 3.34. The van der Waals surface area contributed by atoms with Crippen LogP contribution < -0.4 is 0 Å². The molecule has 1 aliphatic carbocycles. The minimum Gasteiger partial charge on any atom is -0.286 e. The highest BCUT2D eigenvalue weighted by Gasteiger charge is 2.21. The third-order valence-corrected chi connectivity index (χ3v) is 4.08. The summed E-state index contributed by atoms with van der Waals surface area (Å²) in [6, 6.07) is 16.6. The molecular weight excluding hydrogens is 347 g/mol. The first-order valence-electron chi connectivity index (χ1n) is 6.02. The van der Waals surface area contributed by atoms with Gasteiger partial charge in [0.05, 0.1) is 28.6 Å². The minimum absolute atomic E-state index is 1.07. The van der Waals surface area contributed by atoms with E-state index in [1.807, 2.05) is 15.0 Å². The standard InChI is InChI=1S/C16H9IN2/c17-19-16-14-8-4-2-6-12(14)10-9-11-5-1-3-7-13(11)15(16)18-19/h1-8,18H. The molecule has 2 aromatic carbocycles. The van der Waals surface area contributed by atoms with Crippen LogP contribution in [0, 0.1) is 11.8 Å². The van der Waals surface area contributed by atoms with E-state index in [4.69, 9.17) is 0 Å². The number of rotatable bonds is 0. The Labute approximate surface area is 124 Å². The Morgan fingerprint density at radius 2 is 1.42 bits per heavy atom. The molecule has 1 aromatic heterocycles. The van der Waals surface area contributed by atoms with Gasteiger partial charge in [-0.25, -0.2) is 2.90 Å². The molecular formula is C16H9IN2. The van der Waals surface area contributed by atoms with E-state index in [9.17, 15) is 0 Å². The molecule has 0 radical (unpaired) electrons. The molecule has 90 valence electrons. The number of hydrogen-bond acceptors (Lipinski definition) is 0. The Kier molecular flexibility index (Phi) is 2.32. The van der Waals surface area contributed by atoms with E-state index in [2.05, 4.69) is 76.2 Å². The predicted octanol–water partition coefficient (Wildman–Crippen LogP) is 4.06. The normalized spacial score (nSPS) is 11.4. The quantitative estimate of drug-likeness (QED) is 0.362. The molecule has 1 heterocycles. The SMILES string of the molecule is In1[nH]c2c1-c1ccccc1C#Cc1ccccc1-2. The van der Waals surface area contributed by atoms with Gasteiger partial charge in [-0.3, -0.25) is 5.10 Å². The van der Waals surface area contributed by atoms with Crippen LogP contribution in [0.5, 0.6) is 0 Å². The Balaban J connectivity index is 2.12. The second-order valence-corrected chi connectivity index (χ2v) is 5.42. The van der Waals surface area contributed by atoms with Gasteiger partial charge in [-0.15, -0.1) is 0 Å². The van der Waals surface area contributed by atoms with Crippen LogP contribution in [0.25, 0.3) is 22.5 Å². The second kappa shape index (κ2) is 4.04. The highest BCUT2D eigenvalue weighted by atomic mass is 127. The first-order chi connectivity index (χ1) is 9.34.